The first-order valence-electron chi connectivity index (χ1n) is 5.65. The number of aryl methyl sites for hydroxylation is 1. The van der Waals surface area contributed by atoms with Crippen LogP contribution in [0, 0.1) is 6.92 Å². The summed E-state index contributed by atoms with van der Waals surface area (Å²) >= 11 is 1.63. The standard InChI is InChI=1S/C13H17N3S/c1-9(16(3)4)11-5-7-12(8-6-11)13-15-14-10(2)17-13/h5-9H,1-4H3/t9-/m0/s1. The molecule has 0 bridgehead atoms. The third-order valence-electron chi connectivity index (χ3n) is 2.94. The van der Waals surface area contributed by atoms with E-state index >= 15 is 0 Å². The largest absolute Gasteiger partial charge is 0.303 e. The van der Waals surface area contributed by atoms with E-state index in [0.717, 1.165) is 15.6 Å². The molecule has 0 aliphatic rings. The molecule has 0 saturated heterocycles. The molecule has 0 N–H and O–H groups in total. The molecule has 90 valence electrons. The Hall–Kier alpha value is -1.26. The number of nitrogens with zero attached hydrogens (tertiary/aromatic N) is 3. The Balaban J connectivity index is 2.24. The normalized spacial score (nSPS) is 13.0. The van der Waals surface area contributed by atoms with Gasteiger partial charge in [0.1, 0.15) is 10.0 Å². The van der Waals surface area contributed by atoms with Gasteiger partial charge in [-0.05, 0) is 33.5 Å². The molecule has 0 aliphatic heterocycles. The minimum Gasteiger partial charge on any atom is -0.303 e. The van der Waals surface area contributed by atoms with Gasteiger partial charge in [-0.15, -0.1) is 10.2 Å². The van der Waals surface area contributed by atoms with Gasteiger partial charge in [-0.3, -0.25) is 0 Å². The van der Waals surface area contributed by atoms with E-state index in [4.69, 9.17) is 0 Å². The summed E-state index contributed by atoms with van der Waals surface area (Å²) in [5, 5.41) is 10.2. The van der Waals surface area contributed by atoms with Crippen LogP contribution < -0.4 is 0 Å². The highest BCUT2D eigenvalue weighted by Gasteiger charge is 2.09. The highest BCUT2D eigenvalue weighted by atomic mass is 32.1. The van der Waals surface area contributed by atoms with Gasteiger partial charge in [0.05, 0.1) is 0 Å². The summed E-state index contributed by atoms with van der Waals surface area (Å²) < 4.78 is 0. The van der Waals surface area contributed by atoms with Gasteiger partial charge in [-0.2, -0.15) is 0 Å². The summed E-state index contributed by atoms with van der Waals surface area (Å²) in [7, 11) is 4.18. The van der Waals surface area contributed by atoms with E-state index in [-0.39, 0.29) is 0 Å². The molecule has 2 rings (SSSR count). The second kappa shape index (κ2) is 4.94. The van der Waals surface area contributed by atoms with Crippen LogP contribution in [0.25, 0.3) is 10.6 Å². The Labute approximate surface area is 106 Å². The van der Waals surface area contributed by atoms with Crippen LogP contribution in [0.3, 0.4) is 0 Å². The van der Waals surface area contributed by atoms with Crippen LogP contribution in [0.4, 0.5) is 0 Å². The van der Waals surface area contributed by atoms with Crippen LogP contribution in [-0.4, -0.2) is 29.2 Å². The second-order valence-corrected chi connectivity index (χ2v) is 5.57. The van der Waals surface area contributed by atoms with Gasteiger partial charge >= 0.3 is 0 Å². The van der Waals surface area contributed by atoms with Gasteiger partial charge in [-0.1, -0.05) is 35.6 Å². The number of rotatable bonds is 3. The molecule has 2 aromatic rings. The minimum absolute atomic E-state index is 0.431. The zero-order valence-corrected chi connectivity index (χ0v) is 11.5. The Morgan fingerprint density at radius 2 is 1.76 bits per heavy atom. The highest BCUT2D eigenvalue weighted by molar-refractivity contribution is 7.14. The predicted octanol–water partition coefficient (Wildman–Crippen LogP) is 3.14. The van der Waals surface area contributed by atoms with E-state index < -0.39 is 0 Å². The van der Waals surface area contributed by atoms with Gasteiger partial charge in [-0.25, -0.2) is 0 Å². The first-order valence-corrected chi connectivity index (χ1v) is 6.46. The van der Waals surface area contributed by atoms with Crippen molar-refractivity contribution in [3.8, 4) is 10.6 Å². The molecule has 0 amide bonds. The molecular formula is C13H17N3S. The molecule has 0 saturated carbocycles. The minimum atomic E-state index is 0.431. The Morgan fingerprint density at radius 3 is 2.24 bits per heavy atom. The average Bonchev–Trinajstić information content (AvgIpc) is 2.75. The SMILES string of the molecule is Cc1nnc(-c2ccc([C@H](C)N(C)C)cc2)s1. The quantitative estimate of drug-likeness (QED) is 0.834. The summed E-state index contributed by atoms with van der Waals surface area (Å²) in [4.78, 5) is 2.20. The van der Waals surface area contributed by atoms with Crippen molar-refractivity contribution in [3.05, 3.63) is 34.8 Å². The molecule has 0 aliphatic carbocycles. The molecule has 1 aromatic heterocycles. The Bertz CT molecular complexity index is 488. The maximum absolute atomic E-state index is 4.15. The number of hydrogen-bond acceptors (Lipinski definition) is 4. The molecular weight excluding hydrogens is 230 g/mol. The average molecular weight is 247 g/mol. The van der Waals surface area contributed by atoms with Crippen molar-refractivity contribution < 1.29 is 0 Å². The lowest BCUT2D eigenvalue weighted by Gasteiger charge is -2.20. The van der Waals surface area contributed by atoms with Crippen LogP contribution >= 0.6 is 11.3 Å². The lowest BCUT2D eigenvalue weighted by atomic mass is 10.1. The number of hydrogen-bond donors (Lipinski definition) is 0. The fourth-order valence-corrected chi connectivity index (χ4v) is 2.31. The maximum atomic E-state index is 4.15. The van der Waals surface area contributed by atoms with E-state index in [0.29, 0.717) is 6.04 Å². The van der Waals surface area contributed by atoms with Gasteiger partial charge in [0, 0.05) is 11.6 Å². The topological polar surface area (TPSA) is 29.0 Å². The van der Waals surface area contributed by atoms with Crippen molar-refractivity contribution in [2.75, 3.05) is 14.1 Å². The fourth-order valence-electron chi connectivity index (χ4n) is 1.62. The van der Waals surface area contributed by atoms with E-state index in [1.807, 2.05) is 6.92 Å². The fraction of sp³-hybridized carbons (Fsp3) is 0.385. The van der Waals surface area contributed by atoms with Crippen molar-refractivity contribution in [2.24, 2.45) is 0 Å². The zero-order valence-electron chi connectivity index (χ0n) is 10.6. The van der Waals surface area contributed by atoms with E-state index in [9.17, 15) is 0 Å². The van der Waals surface area contributed by atoms with Crippen LogP contribution in [0.15, 0.2) is 24.3 Å². The lowest BCUT2D eigenvalue weighted by Crippen LogP contribution is -2.16. The zero-order chi connectivity index (χ0) is 12.4. The maximum Gasteiger partial charge on any atom is 0.147 e. The molecule has 3 nitrogen and oxygen atoms in total. The molecule has 1 atom stereocenters. The van der Waals surface area contributed by atoms with E-state index in [1.165, 1.54) is 5.56 Å². The lowest BCUT2D eigenvalue weighted by molar-refractivity contribution is 0.321. The summed E-state index contributed by atoms with van der Waals surface area (Å²) in [5.74, 6) is 0. The Kier molecular flexibility index (Phi) is 3.54. The molecule has 17 heavy (non-hydrogen) atoms. The van der Waals surface area contributed by atoms with Gasteiger partial charge in [0.2, 0.25) is 0 Å². The summed E-state index contributed by atoms with van der Waals surface area (Å²) in [5.41, 5.74) is 2.46. The molecule has 0 radical (unpaired) electrons. The first-order chi connectivity index (χ1) is 8.08. The molecule has 0 fully saturated rings. The molecule has 1 heterocycles. The van der Waals surface area contributed by atoms with E-state index in [2.05, 4.69) is 60.4 Å². The van der Waals surface area contributed by atoms with Crippen molar-refractivity contribution in [1.82, 2.24) is 15.1 Å². The smallest absolute Gasteiger partial charge is 0.147 e. The van der Waals surface area contributed by atoms with Crippen molar-refractivity contribution in [1.29, 1.82) is 0 Å². The van der Waals surface area contributed by atoms with Crippen molar-refractivity contribution >= 4 is 11.3 Å². The third-order valence-corrected chi connectivity index (χ3v) is 3.83. The molecule has 4 heteroatoms. The molecule has 0 spiro atoms. The van der Waals surface area contributed by atoms with Crippen LogP contribution in [0.1, 0.15) is 23.5 Å². The highest BCUT2D eigenvalue weighted by Crippen LogP contribution is 2.25. The van der Waals surface area contributed by atoms with Crippen LogP contribution in [0.5, 0.6) is 0 Å². The van der Waals surface area contributed by atoms with Crippen molar-refractivity contribution in [2.45, 2.75) is 19.9 Å². The number of aromatic nitrogens is 2. The predicted molar refractivity (Wildman–Crippen MR) is 72.2 cm³/mol. The first kappa shape index (κ1) is 12.2. The monoisotopic (exact) mass is 247 g/mol. The van der Waals surface area contributed by atoms with Crippen LogP contribution in [-0.2, 0) is 0 Å². The second-order valence-electron chi connectivity index (χ2n) is 4.39. The summed E-state index contributed by atoms with van der Waals surface area (Å²) in [6.07, 6.45) is 0. The van der Waals surface area contributed by atoms with E-state index in [1.54, 1.807) is 11.3 Å². The molecule has 0 unspecified atom stereocenters. The van der Waals surface area contributed by atoms with Crippen molar-refractivity contribution in [3.63, 3.8) is 0 Å². The van der Waals surface area contributed by atoms with Gasteiger partial charge < -0.3 is 4.90 Å². The third kappa shape index (κ3) is 2.70. The number of benzene rings is 1. The van der Waals surface area contributed by atoms with Gasteiger partial charge in [0.25, 0.3) is 0 Å². The summed E-state index contributed by atoms with van der Waals surface area (Å²) in [6, 6.07) is 9.00. The summed E-state index contributed by atoms with van der Waals surface area (Å²) in [6.45, 7) is 4.17. The van der Waals surface area contributed by atoms with Gasteiger partial charge in [0.15, 0.2) is 0 Å². The molecule has 1 aromatic carbocycles. The van der Waals surface area contributed by atoms with Crippen LogP contribution in [0.2, 0.25) is 0 Å². The Morgan fingerprint density at radius 1 is 1.12 bits per heavy atom.